The lowest BCUT2D eigenvalue weighted by molar-refractivity contribution is -0.120. The molecule has 0 saturated heterocycles. The van der Waals surface area contributed by atoms with E-state index in [2.05, 4.69) is 10.6 Å². The largest absolute Gasteiger partial charge is 0.396 e. The minimum Gasteiger partial charge on any atom is -0.396 e. The van der Waals surface area contributed by atoms with Crippen LogP contribution in [0.5, 0.6) is 0 Å². The van der Waals surface area contributed by atoms with Crippen molar-refractivity contribution < 1.29 is 14.7 Å². The van der Waals surface area contributed by atoms with Crippen LogP contribution < -0.4 is 10.6 Å². The number of amides is 2. The van der Waals surface area contributed by atoms with Gasteiger partial charge < -0.3 is 15.7 Å². The van der Waals surface area contributed by atoms with Gasteiger partial charge in [0.05, 0.1) is 6.54 Å². The summed E-state index contributed by atoms with van der Waals surface area (Å²) >= 11 is 0. The van der Waals surface area contributed by atoms with E-state index in [1.165, 1.54) is 0 Å². The summed E-state index contributed by atoms with van der Waals surface area (Å²) < 4.78 is 0. The Balaban J connectivity index is 2.44. The molecule has 1 rings (SSSR count). The highest BCUT2D eigenvalue weighted by Crippen LogP contribution is 2.08. The number of aliphatic hydroxyl groups excluding tert-OH is 1. The third-order valence-corrected chi connectivity index (χ3v) is 2.55. The van der Waals surface area contributed by atoms with Crippen LogP contribution in [0.3, 0.4) is 0 Å². The number of aliphatic hydroxyl groups is 1. The highest BCUT2D eigenvalue weighted by molar-refractivity contribution is 5.96. The third-order valence-electron chi connectivity index (χ3n) is 2.55. The van der Waals surface area contributed by atoms with Gasteiger partial charge in [0.2, 0.25) is 5.91 Å². The average molecular weight is 264 g/mol. The van der Waals surface area contributed by atoms with Crippen LogP contribution in [0.4, 0.5) is 0 Å². The molecule has 0 unspecified atom stereocenters. The minimum atomic E-state index is -0.260. The van der Waals surface area contributed by atoms with Gasteiger partial charge in [-0.15, -0.1) is 0 Å². The monoisotopic (exact) mass is 264 g/mol. The number of carbonyl (C=O) groups excluding carboxylic acids is 2. The number of hydrogen-bond acceptors (Lipinski definition) is 3. The Bertz CT molecular complexity index is 438. The second-order valence-electron chi connectivity index (χ2n) is 4.49. The van der Waals surface area contributed by atoms with Gasteiger partial charge in [-0.05, 0) is 32.4 Å². The Morgan fingerprint density at radius 1 is 1.11 bits per heavy atom. The fourth-order valence-electron chi connectivity index (χ4n) is 1.74. The molecule has 5 nitrogen and oxygen atoms in total. The summed E-state index contributed by atoms with van der Waals surface area (Å²) in [5.41, 5.74) is 2.58. The van der Waals surface area contributed by atoms with Gasteiger partial charge in [0, 0.05) is 18.7 Å². The lowest BCUT2D eigenvalue weighted by Gasteiger charge is -2.07. The summed E-state index contributed by atoms with van der Waals surface area (Å²) in [5.74, 6) is -0.518. The van der Waals surface area contributed by atoms with Gasteiger partial charge >= 0.3 is 0 Å². The van der Waals surface area contributed by atoms with E-state index in [0.717, 1.165) is 11.1 Å². The van der Waals surface area contributed by atoms with Crippen molar-refractivity contribution in [3.63, 3.8) is 0 Å². The van der Waals surface area contributed by atoms with Gasteiger partial charge in [0.1, 0.15) is 0 Å². The van der Waals surface area contributed by atoms with Crippen molar-refractivity contribution in [2.24, 2.45) is 0 Å². The van der Waals surface area contributed by atoms with Crippen molar-refractivity contribution >= 4 is 11.8 Å². The number of carbonyl (C=O) groups is 2. The molecule has 19 heavy (non-hydrogen) atoms. The molecular formula is C14H20N2O3. The summed E-state index contributed by atoms with van der Waals surface area (Å²) in [6.45, 7) is 4.23. The van der Waals surface area contributed by atoms with Crippen LogP contribution in [-0.2, 0) is 4.79 Å². The number of rotatable bonds is 6. The maximum atomic E-state index is 11.9. The highest BCUT2D eigenvalue weighted by Gasteiger charge is 2.08. The van der Waals surface area contributed by atoms with Gasteiger partial charge in [-0.3, -0.25) is 9.59 Å². The Hall–Kier alpha value is -1.88. The van der Waals surface area contributed by atoms with E-state index >= 15 is 0 Å². The van der Waals surface area contributed by atoms with E-state index in [9.17, 15) is 9.59 Å². The van der Waals surface area contributed by atoms with Gasteiger partial charge in [-0.25, -0.2) is 0 Å². The summed E-state index contributed by atoms with van der Waals surface area (Å²) in [6.07, 6.45) is 0.511. The quantitative estimate of drug-likeness (QED) is 0.656. The number of aryl methyl sites for hydroxylation is 2. The summed E-state index contributed by atoms with van der Waals surface area (Å²) in [7, 11) is 0. The third kappa shape index (κ3) is 5.52. The molecule has 0 aliphatic heterocycles. The first-order chi connectivity index (χ1) is 9.02. The molecule has 0 radical (unpaired) electrons. The maximum absolute atomic E-state index is 11.9. The SMILES string of the molecule is Cc1cc(C)cc(C(=O)NCC(=O)NCCCO)c1. The maximum Gasteiger partial charge on any atom is 0.251 e. The lowest BCUT2D eigenvalue weighted by atomic mass is 10.1. The zero-order valence-electron chi connectivity index (χ0n) is 11.3. The van der Waals surface area contributed by atoms with E-state index in [1.807, 2.05) is 19.9 Å². The van der Waals surface area contributed by atoms with Crippen LogP contribution in [0, 0.1) is 13.8 Å². The summed E-state index contributed by atoms with van der Waals surface area (Å²) in [4.78, 5) is 23.2. The molecule has 0 heterocycles. The van der Waals surface area contributed by atoms with Gasteiger partial charge in [-0.1, -0.05) is 17.2 Å². The van der Waals surface area contributed by atoms with Gasteiger partial charge in [0.25, 0.3) is 5.91 Å². The average Bonchev–Trinajstić information content (AvgIpc) is 2.35. The summed E-state index contributed by atoms with van der Waals surface area (Å²) in [5, 5.41) is 13.7. The van der Waals surface area contributed by atoms with Crippen molar-refractivity contribution in [2.75, 3.05) is 19.7 Å². The smallest absolute Gasteiger partial charge is 0.251 e. The first-order valence-electron chi connectivity index (χ1n) is 6.27. The van der Waals surface area contributed by atoms with E-state index in [0.29, 0.717) is 18.5 Å². The molecule has 1 aromatic rings. The first-order valence-corrected chi connectivity index (χ1v) is 6.27. The molecule has 5 heteroatoms. The van der Waals surface area contributed by atoms with Crippen LogP contribution in [-0.4, -0.2) is 36.6 Å². The molecule has 3 N–H and O–H groups in total. The lowest BCUT2D eigenvalue weighted by Crippen LogP contribution is -2.37. The fraction of sp³-hybridized carbons (Fsp3) is 0.429. The predicted molar refractivity (Wildman–Crippen MR) is 73.0 cm³/mol. The molecule has 0 atom stereocenters. The Morgan fingerprint density at radius 3 is 2.32 bits per heavy atom. The zero-order valence-corrected chi connectivity index (χ0v) is 11.3. The number of hydrogen-bond donors (Lipinski definition) is 3. The molecule has 0 aliphatic carbocycles. The van der Waals surface area contributed by atoms with Gasteiger partial charge in [-0.2, -0.15) is 0 Å². The molecular weight excluding hydrogens is 244 g/mol. The van der Waals surface area contributed by atoms with Crippen LogP contribution in [0.25, 0.3) is 0 Å². The molecule has 0 aromatic heterocycles. The minimum absolute atomic E-state index is 0.0369. The predicted octanol–water partition coefficient (Wildman–Crippen LogP) is 0.532. The standard InChI is InChI=1S/C14H20N2O3/c1-10-6-11(2)8-12(7-10)14(19)16-9-13(18)15-4-3-5-17/h6-8,17H,3-5,9H2,1-2H3,(H,15,18)(H,16,19). The molecule has 104 valence electrons. The molecule has 0 aliphatic rings. The summed E-state index contributed by atoms with van der Waals surface area (Å²) in [6, 6.07) is 5.55. The normalized spacial score (nSPS) is 10.1. The molecule has 0 bridgehead atoms. The Morgan fingerprint density at radius 2 is 1.74 bits per heavy atom. The number of nitrogens with one attached hydrogen (secondary N) is 2. The van der Waals surface area contributed by atoms with Crippen LogP contribution in [0.15, 0.2) is 18.2 Å². The van der Waals surface area contributed by atoms with Crippen molar-refractivity contribution in [3.05, 3.63) is 34.9 Å². The van der Waals surface area contributed by atoms with Crippen molar-refractivity contribution in [3.8, 4) is 0 Å². The zero-order chi connectivity index (χ0) is 14.3. The van der Waals surface area contributed by atoms with Crippen molar-refractivity contribution in [1.29, 1.82) is 0 Å². The van der Waals surface area contributed by atoms with E-state index < -0.39 is 0 Å². The molecule has 1 aromatic carbocycles. The van der Waals surface area contributed by atoms with Crippen molar-refractivity contribution in [2.45, 2.75) is 20.3 Å². The van der Waals surface area contributed by atoms with Crippen LogP contribution in [0.1, 0.15) is 27.9 Å². The fourth-order valence-corrected chi connectivity index (χ4v) is 1.74. The van der Waals surface area contributed by atoms with Gasteiger partial charge in [0.15, 0.2) is 0 Å². The van der Waals surface area contributed by atoms with Crippen LogP contribution in [0.2, 0.25) is 0 Å². The van der Waals surface area contributed by atoms with E-state index in [1.54, 1.807) is 12.1 Å². The van der Waals surface area contributed by atoms with E-state index in [4.69, 9.17) is 5.11 Å². The molecule has 0 spiro atoms. The molecule has 0 saturated carbocycles. The second kappa shape index (κ2) is 7.53. The highest BCUT2D eigenvalue weighted by atomic mass is 16.3. The van der Waals surface area contributed by atoms with Crippen molar-refractivity contribution in [1.82, 2.24) is 10.6 Å². The second-order valence-corrected chi connectivity index (χ2v) is 4.49. The molecule has 0 fully saturated rings. The van der Waals surface area contributed by atoms with E-state index in [-0.39, 0.29) is 25.0 Å². The topological polar surface area (TPSA) is 78.4 Å². The Labute approximate surface area is 113 Å². The Kier molecular flexibility index (Phi) is 6.02. The molecule has 2 amide bonds. The number of benzene rings is 1. The van der Waals surface area contributed by atoms with Crippen LogP contribution >= 0.6 is 0 Å². The first kappa shape index (κ1) is 15.2.